The molecule has 3 aliphatic rings. The molecule has 0 radical (unpaired) electrons. The van der Waals surface area contributed by atoms with E-state index in [4.69, 9.17) is 0 Å². The van der Waals surface area contributed by atoms with Gasteiger partial charge < -0.3 is 0 Å². The molecule has 2 aromatic rings. The average Bonchev–Trinajstić information content (AvgIpc) is 3.07. The van der Waals surface area contributed by atoms with E-state index in [1.165, 1.54) is 22.4 Å². The Kier molecular flexibility index (Phi) is 1.97. The van der Waals surface area contributed by atoms with Gasteiger partial charge in [0.05, 0.1) is 0 Å². The van der Waals surface area contributed by atoms with Gasteiger partial charge in [-0.2, -0.15) is 5.10 Å². The molecule has 1 fully saturated rings. The minimum absolute atomic E-state index is 0.0596. The number of hydrogen-bond donors (Lipinski definition) is 0. The lowest BCUT2D eigenvalue weighted by Gasteiger charge is -2.23. The smallest absolute Gasteiger partial charge is 0.147 e. The lowest BCUT2D eigenvalue weighted by molar-refractivity contribution is 0.480. The summed E-state index contributed by atoms with van der Waals surface area (Å²) in [4.78, 5) is 0. The van der Waals surface area contributed by atoms with Gasteiger partial charge in [-0.25, -0.2) is 0 Å². The third-order valence-electron chi connectivity index (χ3n) is 4.61. The fourth-order valence-corrected chi connectivity index (χ4v) is 3.47. The number of nitrogens with zero attached hydrogens (tertiary/aromatic N) is 2. The van der Waals surface area contributed by atoms with Crippen LogP contribution in [0, 0.1) is 0 Å². The predicted molar refractivity (Wildman–Crippen MR) is 85.1 cm³/mol. The molecule has 0 amide bonds. The molecule has 2 heteroatoms. The summed E-state index contributed by atoms with van der Waals surface area (Å²) >= 11 is 0. The lowest BCUT2D eigenvalue weighted by Crippen LogP contribution is -2.36. The summed E-state index contributed by atoms with van der Waals surface area (Å²) in [5.74, 6) is 0. The van der Waals surface area contributed by atoms with Crippen LogP contribution in [0.15, 0.2) is 84.0 Å². The third-order valence-corrected chi connectivity index (χ3v) is 4.61. The van der Waals surface area contributed by atoms with Gasteiger partial charge in [-0.1, -0.05) is 66.8 Å². The number of allylic oxidation sites excluding steroid dienone is 2. The Balaban J connectivity index is 1.55. The van der Waals surface area contributed by atoms with Gasteiger partial charge in [0.1, 0.15) is 17.3 Å². The first-order valence-corrected chi connectivity index (χ1v) is 7.30. The maximum Gasteiger partial charge on any atom is 0.147 e. The van der Waals surface area contributed by atoms with Gasteiger partial charge >= 0.3 is 0 Å². The van der Waals surface area contributed by atoms with E-state index in [-0.39, 0.29) is 5.54 Å². The summed E-state index contributed by atoms with van der Waals surface area (Å²) in [6.45, 7) is 0. The van der Waals surface area contributed by atoms with Crippen molar-refractivity contribution in [2.75, 3.05) is 0 Å². The first kappa shape index (κ1) is 11.1. The summed E-state index contributed by atoms with van der Waals surface area (Å²) in [5.41, 5.74) is 4.99. The number of hydrogen-bond acceptors (Lipinski definition) is 2. The molecule has 2 unspecified atom stereocenters. The van der Waals surface area contributed by atoms with Crippen molar-refractivity contribution in [2.24, 2.45) is 5.10 Å². The Morgan fingerprint density at radius 2 is 1.67 bits per heavy atom. The second-order valence-corrected chi connectivity index (χ2v) is 5.75. The van der Waals surface area contributed by atoms with Crippen molar-refractivity contribution in [1.29, 1.82) is 0 Å². The molecule has 1 spiro atoms. The largest absolute Gasteiger partial charge is 0.268 e. The molecule has 2 aromatic carbocycles. The molecule has 0 N–H and O–H groups in total. The van der Waals surface area contributed by atoms with Crippen LogP contribution in [-0.4, -0.2) is 22.3 Å². The molecule has 1 aliphatic carbocycles. The van der Waals surface area contributed by atoms with Gasteiger partial charge in [-0.3, -0.25) is 5.01 Å². The highest BCUT2D eigenvalue weighted by Gasteiger charge is 2.70. The zero-order valence-corrected chi connectivity index (χ0v) is 11.5. The summed E-state index contributed by atoms with van der Waals surface area (Å²) < 4.78 is 0. The van der Waals surface area contributed by atoms with Gasteiger partial charge in [0, 0.05) is 5.56 Å². The van der Waals surface area contributed by atoms with E-state index in [0.29, 0.717) is 6.04 Å². The van der Waals surface area contributed by atoms with E-state index in [1.807, 2.05) is 6.07 Å². The topological polar surface area (TPSA) is 15.4 Å². The van der Waals surface area contributed by atoms with Gasteiger partial charge in [0.2, 0.25) is 0 Å². The van der Waals surface area contributed by atoms with Crippen LogP contribution in [0.4, 0.5) is 0 Å². The highest BCUT2D eigenvalue weighted by Crippen LogP contribution is 2.54. The van der Waals surface area contributed by atoms with E-state index in [0.717, 1.165) is 0 Å². The van der Waals surface area contributed by atoms with Crippen molar-refractivity contribution in [3.8, 4) is 11.1 Å². The van der Waals surface area contributed by atoms with Crippen molar-refractivity contribution in [3.05, 3.63) is 84.5 Å². The van der Waals surface area contributed by atoms with Gasteiger partial charge in [0.25, 0.3) is 0 Å². The summed E-state index contributed by atoms with van der Waals surface area (Å²) in [6.07, 6.45) is 8.75. The maximum absolute atomic E-state index is 4.68. The minimum atomic E-state index is 0.0596. The van der Waals surface area contributed by atoms with Crippen molar-refractivity contribution in [2.45, 2.75) is 11.6 Å². The minimum Gasteiger partial charge on any atom is -0.268 e. The first-order valence-electron chi connectivity index (χ1n) is 7.30. The number of rotatable bonds is 2. The fourth-order valence-electron chi connectivity index (χ4n) is 3.47. The van der Waals surface area contributed by atoms with Crippen molar-refractivity contribution >= 4 is 5.71 Å². The zero-order valence-electron chi connectivity index (χ0n) is 11.5. The summed E-state index contributed by atoms with van der Waals surface area (Å²) in [7, 11) is 0. The third kappa shape index (κ3) is 1.34. The Bertz CT molecular complexity index is 816. The van der Waals surface area contributed by atoms with E-state index in [2.05, 4.69) is 82.9 Å². The molecule has 2 atom stereocenters. The Labute approximate surface area is 123 Å². The highest BCUT2D eigenvalue weighted by molar-refractivity contribution is 6.16. The maximum atomic E-state index is 4.68. The van der Waals surface area contributed by atoms with Crippen LogP contribution in [0.2, 0.25) is 0 Å². The molecule has 5 rings (SSSR count). The van der Waals surface area contributed by atoms with Crippen LogP contribution in [0.1, 0.15) is 5.56 Å². The average molecular weight is 270 g/mol. The molecular formula is C19H14N2. The monoisotopic (exact) mass is 270 g/mol. The van der Waals surface area contributed by atoms with Crippen LogP contribution in [-0.2, 0) is 0 Å². The molecule has 0 saturated carbocycles. The van der Waals surface area contributed by atoms with Gasteiger partial charge in [-0.05, 0) is 23.3 Å². The summed E-state index contributed by atoms with van der Waals surface area (Å²) in [5, 5.41) is 6.86. The second-order valence-electron chi connectivity index (χ2n) is 5.75. The fraction of sp³-hybridized carbons (Fsp3) is 0.105. The number of hydrazone groups is 1. The van der Waals surface area contributed by atoms with Crippen molar-refractivity contribution in [3.63, 3.8) is 0 Å². The molecule has 2 heterocycles. The number of benzene rings is 2. The molecule has 0 aromatic heterocycles. The normalized spacial score (nSPS) is 27.5. The molecule has 2 nitrogen and oxygen atoms in total. The van der Waals surface area contributed by atoms with Gasteiger partial charge in [0.15, 0.2) is 0 Å². The van der Waals surface area contributed by atoms with E-state index in [1.54, 1.807) is 0 Å². The van der Waals surface area contributed by atoms with Gasteiger partial charge in [-0.15, -0.1) is 0 Å². The molecule has 21 heavy (non-hydrogen) atoms. The number of fused-ring (bicyclic) bond motifs is 1. The molecule has 100 valence electrons. The van der Waals surface area contributed by atoms with Crippen molar-refractivity contribution < 1.29 is 0 Å². The highest BCUT2D eigenvalue weighted by atomic mass is 15.7. The van der Waals surface area contributed by atoms with Crippen LogP contribution in [0.3, 0.4) is 0 Å². The van der Waals surface area contributed by atoms with E-state index >= 15 is 0 Å². The summed E-state index contributed by atoms with van der Waals surface area (Å²) in [6, 6.07) is 19.6. The Morgan fingerprint density at radius 3 is 2.52 bits per heavy atom. The van der Waals surface area contributed by atoms with E-state index < -0.39 is 0 Å². The molecule has 2 aliphatic heterocycles. The Hall–Kier alpha value is -2.61. The predicted octanol–water partition coefficient (Wildman–Crippen LogP) is 3.62. The van der Waals surface area contributed by atoms with Crippen LogP contribution in [0.5, 0.6) is 0 Å². The molecule has 0 bridgehead atoms. The Morgan fingerprint density at radius 1 is 0.857 bits per heavy atom. The van der Waals surface area contributed by atoms with Crippen molar-refractivity contribution in [1.82, 2.24) is 5.01 Å². The van der Waals surface area contributed by atoms with Crippen LogP contribution >= 0.6 is 0 Å². The van der Waals surface area contributed by atoms with E-state index in [9.17, 15) is 0 Å². The SMILES string of the molecule is C1=CC2N3N=C(c4cccc(-c5ccccc5)c4)C23C=C1. The molecular weight excluding hydrogens is 256 g/mol. The quantitative estimate of drug-likeness (QED) is 0.761. The zero-order chi connectivity index (χ0) is 13.9. The van der Waals surface area contributed by atoms with Crippen LogP contribution in [0.25, 0.3) is 11.1 Å². The second kappa shape index (κ2) is 3.73. The molecule has 1 saturated heterocycles. The van der Waals surface area contributed by atoms with Crippen LogP contribution < -0.4 is 0 Å². The standard InChI is InChI=1S/C19H14N2/c1-2-7-14(8-3-1)15-9-6-10-16(13-15)18-19-12-5-4-11-17(19)21(19)20-18/h1-13,17H. The first-order chi connectivity index (χ1) is 10.4. The lowest BCUT2D eigenvalue weighted by atomic mass is 9.88.